The predicted molar refractivity (Wildman–Crippen MR) is 122 cm³/mol. The lowest BCUT2D eigenvalue weighted by atomic mass is 9.99. The largest absolute Gasteiger partial charge is 0.355 e. The first kappa shape index (κ1) is 22.9. The summed E-state index contributed by atoms with van der Waals surface area (Å²) in [7, 11) is -3.70. The molecule has 1 aliphatic heterocycles. The molecule has 11 heteroatoms. The Bertz CT molecular complexity index is 1190. The topological polar surface area (TPSA) is 105 Å². The van der Waals surface area contributed by atoms with Crippen LogP contribution in [0.2, 0.25) is 5.02 Å². The van der Waals surface area contributed by atoms with E-state index in [9.17, 15) is 13.2 Å². The molecule has 0 spiro atoms. The van der Waals surface area contributed by atoms with Crippen molar-refractivity contribution in [2.45, 2.75) is 30.4 Å². The van der Waals surface area contributed by atoms with E-state index in [1.54, 1.807) is 18.4 Å². The van der Waals surface area contributed by atoms with Crippen LogP contribution >= 0.6 is 22.9 Å². The van der Waals surface area contributed by atoms with Gasteiger partial charge in [0.2, 0.25) is 17.6 Å². The Labute approximate surface area is 195 Å². The van der Waals surface area contributed by atoms with E-state index in [1.807, 2.05) is 24.3 Å². The summed E-state index contributed by atoms with van der Waals surface area (Å²) >= 11 is 7.01. The van der Waals surface area contributed by atoms with Crippen molar-refractivity contribution < 1.29 is 17.7 Å². The number of hydrogen-bond donors (Lipinski definition) is 1. The van der Waals surface area contributed by atoms with Crippen LogP contribution in [0.1, 0.15) is 24.3 Å². The van der Waals surface area contributed by atoms with Crippen molar-refractivity contribution in [3.05, 3.63) is 52.2 Å². The number of amides is 1. The van der Waals surface area contributed by atoms with E-state index in [4.69, 9.17) is 16.1 Å². The third-order valence-corrected chi connectivity index (χ3v) is 8.87. The van der Waals surface area contributed by atoms with Crippen molar-refractivity contribution in [3.63, 3.8) is 0 Å². The first-order chi connectivity index (χ1) is 15.3. The monoisotopic (exact) mass is 494 g/mol. The highest BCUT2D eigenvalue weighted by molar-refractivity contribution is 7.91. The van der Waals surface area contributed by atoms with Crippen molar-refractivity contribution in [1.82, 2.24) is 19.8 Å². The van der Waals surface area contributed by atoms with Crippen molar-refractivity contribution in [2.75, 3.05) is 19.6 Å². The lowest BCUT2D eigenvalue weighted by Gasteiger charge is -2.30. The summed E-state index contributed by atoms with van der Waals surface area (Å²) in [6.07, 6.45) is 1.98. The zero-order chi connectivity index (χ0) is 22.7. The molecule has 0 unspecified atom stereocenters. The lowest BCUT2D eigenvalue weighted by molar-refractivity contribution is -0.126. The molecule has 4 rings (SSSR count). The van der Waals surface area contributed by atoms with E-state index in [1.165, 1.54) is 4.31 Å². The first-order valence-corrected chi connectivity index (χ1v) is 12.9. The van der Waals surface area contributed by atoms with Crippen LogP contribution in [0.5, 0.6) is 0 Å². The average Bonchev–Trinajstić information content (AvgIpc) is 3.45. The SMILES string of the molecule is Cc1nc(-c2csc(S(=O)(=O)N3CCC[C@H](C(=O)NCCc4ccc(Cl)cc4)C3)c2)no1. The van der Waals surface area contributed by atoms with Gasteiger partial charge in [0, 0.05) is 42.5 Å². The number of benzene rings is 1. The Hall–Kier alpha value is -2.27. The normalized spacial score (nSPS) is 17.4. The molecule has 1 fully saturated rings. The fourth-order valence-electron chi connectivity index (χ4n) is 3.61. The molecule has 3 aromatic rings. The Kier molecular flexibility index (Phi) is 6.94. The molecular formula is C21H23ClN4O4S2. The van der Waals surface area contributed by atoms with Crippen LogP contribution in [0.15, 0.2) is 44.4 Å². The Balaban J connectivity index is 1.36. The van der Waals surface area contributed by atoms with Gasteiger partial charge >= 0.3 is 0 Å². The van der Waals surface area contributed by atoms with E-state index in [-0.39, 0.29) is 22.6 Å². The van der Waals surface area contributed by atoms with E-state index in [0.29, 0.717) is 54.7 Å². The molecule has 1 saturated heterocycles. The van der Waals surface area contributed by atoms with Gasteiger partial charge in [-0.2, -0.15) is 9.29 Å². The standard InChI is InChI=1S/C21H23ClN4O4S2/c1-14-24-20(25-30-14)17-11-19(31-13-17)32(28,29)26-10-2-3-16(12-26)21(27)23-9-8-15-4-6-18(22)7-5-15/h4-7,11,13,16H,2-3,8-10,12H2,1H3,(H,23,27)/t16-/m0/s1. The maximum absolute atomic E-state index is 13.2. The molecule has 0 bridgehead atoms. The summed E-state index contributed by atoms with van der Waals surface area (Å²) in [6.45, 7) is 2.73. The number of rotatable bonds is 7. The molecule has 1 atom stereocenters. The second-order valence-electron chi connectivity index (χ2n) is 7.66. The molecule has 1 aromatic carbocycles. The van der Waals surface area contributed by atoms with Crippen molar-refractivity contribution in [2.24, 2.45) is 5.92 Å². The average molecular weight is 495 g/mol. The highest BCUT2D eigenvalue weighted by atomic mass is 35.5. The molecule has 32 heavy (non-hydrogen) atoms. The molecule has 3 heterocycles. The number of nitrogens with zero attached hydrogens (tertiary/aromatic N) is 3. The smallest absolute Gasteiger partial charge is 0.252 e. The van der Waals surface area contributed by atoms with Gasteiger partial charge in [-0.05, 0) is 43.0 Å². The van der Waals surface area contributed by atoms with Crippen LogP contribution in [0.4, 0.5) is 0 Å². The van der Waals surface area contributed by atoms with Crippen LogP contribution in [0.25, 0.3) is 11.4 Å². The van der Waals surface area contributed by atoms with Gasteiger partial charge in [-0.1, -0.05) is 28.9 Å². The molecule has 0 radical (unpaired) electrons. The first-order valence-electron chi connectivity index (χ1n) is 10.2. The number of halogens is 1. The number of sulfonamides is 1. The number of aryl methyl sites for hydroxylation is 1. The van der Waals surface area contributed by atoms with Crippen LogP contribution in [0, 0.1) is 12.8 Å². The molecule has 170 valence electrons. The highest BCUT2D eigenvalue weighted by Crippen LogP contribution is 2.31. The van der Waals surface area contributed by atoms with Gasteiger partial charge in [-0.15, -0.1) is 11.3 Å². The van der Waals surface area contributed by atoms with Crippen molar-refractivity contribution >= 4 is 38.9 Å². The van der Waals surface area contributed by atoms with Crippen molar-refractivity contribution in [1.29, 1.82) is 0 Å². The van der Waals surface area contributed by atoms with Crippen molar-refractivity contribution in [3.8, 4) is 11.4 Å². The predicted octanol–water partition coefficient (Wildman–Crippen LogP) is 3.52. The third kappa shape index (κ3) is 5.20. The van der Waals surface area contributed by atoms with E-state index < -0.39 is 10.0 Å². The lowest BCUT2D eigenvalue weighted by Crippen LogP contribution is -2.45. The zero-order valence-electron chi connectivity index (χ0n) is 17.5. The molecule has 0 aliphatic carbocycles. The Morgan fingerprint density at radius 3 is 2.84 bits per heavy atom. The second kappa shape index (κ2) is 9.70. The molecule has 1 aliphatic rings. The molecule has 2 aromatic heterocycles. The van der Waals surface area contributed by atoms with Gasteiger partial charge < -0.3 is 9.84 Å². The van der Waals surface area contributed by atoms with Gasteiger partial charge in [0.25, 0.3) is 10.0 Å². The molecular weight excluding hydrogens is 472 g/mol. The third-order valence-electron chi connectivity index (χ3n) is 5.34. The number of carbonyl (C=O) groups excluding carboxylic acids is 1. The quantitative estimate of drug-likeness (QED) is 0.538. The van der Waals surface area contributed by atoms with Crippen LogP contribution < -0.4 is 5.32 Å². The Morgan fingerprint density at radius 2 is 2.12 bits per heavy atom. The van der Waals surface area contributed by atoms with Crippen LogP contribution in [-0.2, 0) is 21.2 Å². The molecule has 0 saturated carbocycles. The number of thiophene rings is 1. The summed E-state index contributed by atoms with van der Waals surface area (Å²) in [5.74, 6) is 0.282. The zero-order valence-corrected chi connectivity index (χ0v) is 19.8. The summed E-state index contributed by atoms with van der Waals surface area (Å²) in [5.41, 5.74) is 1.67. The Morgan fingerprint density at radius 1 is 1.34 bits per heavy atom. The molecule has 8 nitrogen and oxygen atoms in total. The van der Waals surface area contributed by atoms with Gasteiger partial charge in [-0.25, -0.2) is 8.42 Å². The fraction of sp³-hybridized carbons (Fsp3) is 0.381. The minimum Gasteiger partial charge on any atom is -0.355 e. The fourth-order valence-corrected chi connectivity index (χ4v) is 6.57. The number of carbonyl (C=O) groups is 1. The van der Waals surface area contributed by atoms with E-state index in [0.717, 1.165) is 16.9 Å². The van der Waals surface area contributed by atoms with E-state index >= 15 is 0 Å². The summed E-state index contributed by atoms with van der Waals surface area (Å²) in [5, 5.41) is 9.14. The maximum atomic E-state index is 13.2. The van der Waals surface area contributed by atoms with Crippen LogP contribution in [0.3, 0.4) is 0 Å². The number of nitrogens with one attached hydrogen (secondary N) is 1. The maximum Gasteiger partial charge on any atom is 0.252 e. The summed E-state index contributed by atoms with van der Waals surface area (Å²) in [6, 6.07) is 9.04. The molecule has 1 N–H and O–H groups in total. The molecule has 1 amide bonds. The summed E-state index contributed by atoms with van der Waals surface area (Å²) < 4.78 is 32.9. The highest BCUT2D eigenvalue weighted by Gasteiger charge is 2.34. The second-order valence-corrected chi connectivity index (χ2v) is 11.2. The number of aromatic nitrogens is 2. The van der Waals surface area contributed by atoms with E-state index in [2.05, 4.69) is 15.5 Å². The summed E-state index contributed by atoms with van der Waals surface area (Å²) in [4.78, 5) is 16.8. The minimum atomic E-state index is -3.70. The van der Waals surface area contributed by atoms with Gasteiger partial charge in [0.05, 0.1) is 5.92 Å². The number of piperidine rings is 1. The van der Waals surface area contributed by atoms with Gasteiger partial charge in [0.1, 0.15) is 4.21 Å². The van der Waals surface area contributed by atoms with Gasteiger partial charge in [-0.3, -0.25) is 4.79 Å². The van der Waals surface area contributed by atoms with Gasteiger partial charge in [0.15, 0.2) is 0 Å². The number of hydrogen-bond acceptors (Lipinski definition) is 7. The minimum absolute atomic E-state index is 0.118. The van der Waals surface area contributed by atoms with Crippen LogP contribution in [-0.4, -0.2) is 48.4 Å².